The summed E-state index contributed by atoms with van der Waals surface area (Å²) in [6, 6.07) is 13.2. The van der Waals surface area contributed by atoms with Gasteiger partial charge in [0.15, 0.2) is 5.58 Å². The molecule has 0 unspecified atom stereocenters. The van der Waals surface area contributed by atoms with Crippen LogP contribution in [0.15, 0.2) is 46.9 Å². The van der Waals surface area contributed by atoms with Crippen molar-refractivity contribution in [1.82, 2.24) is 14.8 Å². The Hall–Kier alpha value is -2.57. The van der Waals surface area contributed by atoms with Crippen molar-refractivity contribution in [2.24, 2.45) is 0 Å². The average molecular weight is 385 g/mol. The van der Waals surface area contributed by atoms with Gasteiger partial charge in [-0.1, -0.05) is 23.7 Å². The monoisotopic (exact) mass is 384 g/mol. The molecule has 1 fully saturated rings. The topological polar surface area (TPSA) is 61.6 Å². The minimum absolute atomic E-state index is 0.0586. The van der Waals surface area contributed by atoms with Crippen LogP contribution in [-0.2, 0) is 6.54 Å². The molecule has 7 heteroatoms. The Kier molecular flexibility index (Phi) is 5.01. The summed E-state index contributed by atoms with van der Waals surface area (Å²) in [5.74, 6) is 0.671. The number of aromatic nitrogens is 1. The maximum Gasteiger partial charge on any atom is 0.321 e. The number of nitrogens with zero attached hydrogens (tertiary/aromatic N) is 3. The van der Waals surface area contributed by atoms with Crippen LogP contribution in [0.4, 0.5) is 10.5 Å². The van der Waals surface area contributed by atoms with Crippen molar-refractivity contribution in [1.29, 1.82) is 0 Å². The number of fused-ring (bicyclic) bond motifs is 1. The number of benzene rings is 2. The fourth-order valence-electron chi connectivity index (χ4n) is 3.24. The van der Waals surface area contributed by atoms with E-state index in [4.69, 9.17) is 16.0 Å². The standard InChI is InChI=1S/C20H21ClN4O2/c1-14-3-2-4-16(11-14)22-20(26)25-9-7-24(8-10-25)13-19-23-17-6-5-15(21)12-18(17)27-19/h2-6,11-12H,7-10,13H2,1H3,(H,22,26). The lowest BCUT2D eigenvalue weighted by Crippen LogP contribution is -2.49. The van der Waals surface area contributed by atoms with Crippen molar-refractivity contribution in [3.05, 3.63) is 58.9 Å². The number of amides is 2. The highest BCUT2D eigenvalue weighted by molar-refractivity contribution is 6.31. The third kappa shape index (κ3) is 4.23. The molecule has 0 atom stereocenters. The highest BCUT2D eigenvalue weighted by Crippen LogP contribution is 2.21. The van der Waals surface area contributed by atoms with Crippen LogP contribution in [0, 0.1) is 6.92 Å². The van der Waals surface area contributed by atoms with Gasteiger partial charge >= 0.3 is 6.03 Å². The fourth-order valence-corrected chi connectivity index (χ4v) is 3.40. The Labute approximate surface area is 162 Å². The van der Waals surface area contributed by atoms with Crippen molar-refractivity contribution in [2.75, 3.05) is 31.5 Å². The summed E-state index contributed by atoms with van der Waals surface area (Å²) in [4.78, 5) is 21.0. The maximum absolute atomic E-state index is 12.4. The van der Waals surface area contributed by atoms with Gasteiger partial charge in [-0.15, -0.1) is 0 Å². The molecule has 1 aliphatic rings. The first kappa shape index (κ1) is 17.8. The predicted octanol–water partition coefficient (Wildman–Crippen LogP) is 4.14. The number of rotatable bonds is 3. The molecule has 1 N–H and O–H groups in total. The Morgan fingerprint density at radius 3 is 2.78 bits per heavy atom. The number of nitrogens with one attached hydrogen (secondary N) is 1. The summed E-state index contributed by atoms with van der Waals surface area (Å²) in [6.07, 6.45) is 0. The van der Waals surface area contributed by atoms with Gasteiger partial charge in [0.25, 0.3) is 0 Å². The SMILES string of the molecule is Cc1cccc(NC(=O)N2CCN(Cc3nc4ccc(Cl)cc4o3)CC2)c1. The molecule has 0 saturated carbocycles. The van der Waals surface area contributed by atoms with Crippen molar-refractivity contribution in [3.8, 4) is 0 Å². The maximum atomic E-state index is 12.4. The number of oxazole rings is 1. The normalized spacial score (nSPS) is 15.3. The van der Waals surface area contributed by atoms with Crippen LogP contribution in [0.1, 0.15) is 11.5 Å². The molecule has 3 aromatic rings. The number of piperazine rings is 1. The molecule has 1 aromatic heterocycles. The number of hydrogen-bond acceptors (Lipinski definition) is 4. The molecule has 0 spiro atoms. The van der Waals surface area contributed by atoms with Crippen LogP contribution >= 0.6 is 11.6 Å². The molecule has 0 radical (unpaired) electrons. The third-order valence-electron chi connectivity index (χ3n) is 4.68. The van der Waals surface area contributed by atoms with Gasteiger partial charge in [0.05, 0.1) is 6.54 Å². The smallest absolute Gasteiger partial charge is 0.321 e. The molecule has 2 heterocycles. The highest BCUT2D eigenvalue weighted by atomic mass is 35.5. The molecule has 0 aliphatic carbocycles. The Morgan fingerprint density at radius 1 is 1.19 bits per heavy atom. The first-order valence-corrected chi connectivity index (χ1v) is 9.34. The highest BCUT2D eigenvalue weighted by Gasteiger charge is 2.22. The van der Waals surface area contributed by atoms with Gasteiger partial charge in [0.2, 0.25) is 5.89 Å². The molecule has 0 bridgehead atoms. The number of hydrogen-bond donors (Lipinski definition) is 1. The minimum atomic E-state index is -0.0586. The number of halogens is 1. The molecule has 6 nitrogen and oxygen atoms in total. The van der Waals surface area contributed by atoms with Crippen molar-refractivity contribution in [2.45, 2.75) is 13.5 Å². The van der Waals surface area contributed by atoms with Gasteiger partial charge in [-0.2, -0.15) is 0 Å². The molecule has 1 saturated heterocycles. The third-order valence-corrected chi connectivity index (χ3v) is 4.92. The van der Waals surface area contributed by atoms with Crippen molar-refractivity contribution in [3.63, 3.8) is 0 Å². The average Bonchev–Trinajstić information content (AvgIpc) is 3.03. The first-order valence-electron chi connectivity index (χ1n) is 8.97. The second-order valence-corrected chi connectivity index (χ2v) is 7.22. The minimum Gasteiger partial charge on any atom is -0.439 e. The summed E-state index contributed by atoms with van der Waals surface area (Å²) in [5, 5.41) is 3.60. The summed E-state index contributed by atoms with van der Waals surface area (Å²) < 4.78 is 5.79. The van der Waals surface area contributed by atoms with Gasteiger partial charge < -0.3 is 14.6 Å². The Balaban J connectivity index is 1.32. The van der Waals surface area contributed by atoms with E-state index in [0.29, 0.717) is 36.1 Å². The second kappa shape index (κ2) is 7.58. The van der Waals surface area contributed by atoms with E-state index in [1.807, 2.05) is 48.2 Å². The molecule has 140 valence electrons. The number of carbonyl (C=O) groups excluding carboxylic acids is 1. The molecule has 2 amide bonds. The summed E-state index contributed by atoms with van der Waals surface area (Å²) in [7, 11) is 0. The van der Waals surface area contributed by atoms with Crippen LogP contribution in [0.5, 0.6) is 0 Å². The van der Waals surface area contributed by atoms with E-state index in [0.717, 1.165) is 29.9 Å². The van der Waals surface area contributed by atoms with Crippen LogP contribution in [0.2, 0.25) is 5.02 Å². The largest absolute Gasteiger partial charge is 0.439 e. The van der Waals surface area contributed by atoms with E-state index in [9.17, 15) is 4.79 Å². The van der Waals surface area contributed by atoms with Crippen LogP contribution < -0.4 is 5.32 Å². The summed E-state index contributed by atoms with van der Waals surface area (Å²) >= 11 is 5.99. The lowest BCUT2D eigenvalue weighted by Gasteiger charge is -2.34. The molecule has 27 heavy (non-hydrogen) atoms. The lowest BCUT2D eigenvalue weighted by atomic mass is 10.2. The first-order chi connectivity index (χ1) is 13.1. The Morgan fingerprint density at radius 2 is 2.00 bits per heavy atom. The molecule has 4 rings (SSSR count). The van der Waals surface area contributed by atoms with E-state index >= 15 is 0 Å². The van der Waals surface area contributed by atoms with Gasteiger partial charge in [0.1, 0.15) is 5.52 Å². The number of aryl methyl sites for hydroxylation is 1. The number of carbonyl (C=O) groups is 1. The molecular formula is C20H21ClN4O2. The molecule has 1 aliphatic heterocycles. The quantitative estimate of drug-likeness (QED) is 0.737. The number of urea groups is 1. The van der Waals surface area contributed by atoms with Gasteiger partial charge in [0, 0.05) is 43.0 Å². The zero-order valence-corrected chi connectivity index (χ0v) is 15.9. The zero-order chi connectivity index (χ0) is 18.8. The van der Waals surface area contributed by atoms with Crippen LogP contribution in [-0.4, -0.2) is 47.0 Å². The molecule has 2 aromatic carbocycles. The van der Waals surface area contributed by atoms with Crippen LogP contribution in [0.3, 0.4) is 0 Å². The van der Waals surface area contributed by atoms with Crippen LogP contribution in [0.25, 0.3) is 11.1 Å². The Bertz CT molecular complexity index is 964. The second-order valence-electron chi connectivity index (χ2n) is 6.78. The summed E-state index contributed by atoms with van der Waals surface area (Å²) in [5.41, 5.74) is 3.46. The lowest BCUT2D eigenvalue weighted by molar-refractivity contribution is 0.136. The van der Waals surface area contributed by atoms with Crippen molar-refractivity contribution < 1.29 is 9.21 Å². The zero-order valence-electron chi connectivity index (χ0n) is 15.1. The van der Waals surface area contributed by atoms with E-state index < -0.39 is 0 Å². The van der Waals surface area contributed by atoms with Gasteiger partial charge in [-0.3, -0.25) is 4.90 Å². The predicted molar refractivity (Wildman–Crippen MR) is 106 cm³/mol. The van der Waals surface area contributed by atoms with E-state index in [1.165, 1.54) is 0 Å². The number of anilines is 1. The fraction of sp³-hybridized carbons (Fsp3) is 0.300. The van der Waals surface area contributed by atoms with Gasteiger partial charge in [-0.25, -0.2) is 9.78 Å². The van der Waals surface area contributed by atoms with E-state index in [2.05, 4.69) is 15.2 Å². The summed E-state index contributed by atoms with van der Waals surface area (Å²) in [6.45, 7) is 5.53. The molecular weight excluding hydrogens is 364 g/mol. The van der Waals surface area contributed by atoms with Crippen molar-refractivity contribution >= 4 is 34.4 Å². The van der Waals surface area contributed by atoms with E-state index in [1.54, 1.807) is 6.07 Å². The van der Waals surface area contributed by atoms with E-state index in [-0.39, 0.29) is 6.03 Å². The van der Waals surface area contributed by atoms with Gasteiger partial charge in [-0.05, 0) is 36.8 Å².